The fraction of sp³-hybridized carbons (Fsp3) is 0.838. The van der Waals surface area contributed by atoms with Gasteiger partial charge in [-0.2, -0.15) is 0 Å². The zero-order valence-electron chi connectivity index (χ0n) is 27.4. The molecule has 0 saturated heterocycles. The van der Waals surface area contributed by atoms with Gasteiger partial charge in [0.05, 0.1) is 7.11 Å². The molecule has 2 saturated carbocycles. The quantitative estimate of drug-likeness (QED) is 0.166. The van der Waals surface area contributed by atoms with E-state index in [1.807, 2.05) is 6.07 Å². The van der Waals surface area contributed by atoms with E-state index in [2.05, 4.69) is 40.7 Å². The van der Waals surface area contributed by atoms with Crippen molar-refractivity contribution in [3.05, 3.63) is 23.8 Å². The summed E-state index contributed by atoms with van der Waals surface area (Å²) < 4.78 is 5.26. The summed E-state index contributed by atoms with van der Waals surface area (Å²) in [5.41, 5.74) is 2.12. The molecular weight excluding hydrogens is 492 g/mol. The highest BCUT2D eigenvalue weighted by Crippen LogP contribution is 2.71. The fourth-order valence-corrected chi connectivity index (χ4v) is 7.73. The third-order valence-electron chi connectivity index (χ3n) is 11.1. The van der Waals surface area contributed by atoms with E-state index < -0.39 is 0 Å². The van der Waals surface area contributed by atoms with Gasteiger partial charge in [-0.15, -0.1) is 0 Å². The number of aromatic hydroxyl groups is 1. The molecule has 0 heterocycles. The van der Waals surface area contributed by atoms with Crippen LogP contribution in [-0.4, -0.2) is 23.9 Å². The first-order chi connectivity index (χ1) is 19.2. The SMILES string of the molecule is CCCCCCCCCCC(CO)CCCCCCCC.COc1cc(C2CC3CCC2(C)C3(C)C)ccc1O. The standard InChI is InChI=1S/C20H42O.C17H24O2/c1-3-5-7-9-11-12-14-16-18-20(19-21)17-15-13-10-8-6-4-2;1-16(2)12-7-8-17(16,3)13(10-12)11-5-6-14(18)15(9-11)19-4/h20-21H,3-19H2,1-2H3;5-6,9,12-13,18H,7-8,10H2,1-4H3. The second kappa shape index (κ2) is 18.3. The van der Waals surface area contributed by atoms with Crippen LogP contribution >= 0.6 is 0 Å². The Balaban J connectivity index is 0.000000281. The van der Waals surface area contributed by atoms with Crippen molar-refractivity contribution in [3.63, 3.8) is 0 Å². The third-order valence-corrected chi connectivity index (χ3v) is 11.1. The van der Waals surface area contributed by atoms with Crippen LogP contribution in [0.15, 0.2) is 18.2 Å². The molecule has 0 aromatic heterocycles. The molecule has 4 atom stereocenters. The van der Waals surface area contributed by atoms with Crippen LogP contribution < -0.4 is 4.74 Å². The summed E-state index contributed by atoms with van der Waals surface area (Å²) in [7, 11) is 1.62. The topological polar surface area (TPSA) is 49.7 Å². The molecule has 40 heavy (non-hydrogen) atoms. The summed E-state index contributed by atoms with van der Waals surface area (Å²) in [5.74, 6) is 2.84. The number of rotatable bonds is 19. The van der Waals surface area contributed by atoms with Crippen LogP contribution in [0.1, 0.15) is 168 Å². The van der Waals surface area contributed by atoms with Crippen molar-refractivity contribution in [2.75, 3.05) is 13.7 Å². The lowest BCUT2D eigenvalue weighted by molar-refractivity contribution is 0.134. The zero-order valence-corrected chi connectivity index (χ0v) is 27.4. The highest BCUT2D eigenvalue weighted by molar-refractivity contribution is 5.44. The maximum absolute atomic E-state index is 9.75. The lowest BCUT2D eigenvalue weighted by Gasteiger charge is -2.39. The number of phenolic OH excluding ortho intramolecular Hbond substituents is 1. The van der Waals surface area contributed by atoms with Gasteiger partial charge in [0.25, 0.3) is 0 Å². The first-order valence-corrected chi connectivity index (χ1v) is 17.2. The van der Waals surface area contributed by atoms with E-state index in [4.69, 9.17) is 4.74 Å². The highest BCUT2D eigenvalue weighted by atomic mass is 16.5. The van der Waals surface area contributed by atoms with E-state index in [1.165, 1.54) is 128 Å². The van der Waals surface area contributed by atoms with Crippen molar-refractivity contribution in [2.24, 2.45) is 22.7 Å². The summed E-state index contributed by atoms with van der Waals surface area (Å²) in [5, 5.41) is 19.2. The minimum absolute atomic E-state index is 0.235. The van der Waals surface area contributed by atoms with Crippen molar-refractivity contribution in [1.82, 2.24) is 0 Å². The van der Waals surface area contributed by atoms with Gasteiger partial charge in [0.15, 0.2) is 11.5 Å². The Kier molecular flexibility index (Phi) is 16.0. The molecule has 0 radical (unpaired) electrons. The van der Waals surface area contributed by atoms with Crippen molar-refractivity contribution in [2.45, 2.75) is 163 Å². The van der Waals surface area contributed by atoms with Crippen molar-refractivity contribution in [1.29, 1.82) is 0 Å². The Hall–Kier alpha value is -1.22. The van der Waals surface area contributed by atoms with E-state index in [1.54, 1.807) is 13.2 Å². The fourth-order valence-electron chi connectivity index (χ4n) is 7.73. The normalized spacial score (nSPS) is 23.6. The Labute approximate surface area is 248 Å². The first-order valence-electron chi connectivity index (χ1n) is 17.2. The maximum Gasteiger partial charge on any atom is 0.160 e. The minimum atomic E-state index is 0.235. The number of aliphatic hydroxyl groups excluding tert-OH is 1. The molecule has 0 spiro atoms. The molecule has 3 rings (SSSR count). The van der Waals surface area contributed by atoms with Gasteiger partial charge in [-0.3, -0.25) is 0 Å². The van der Waals surface area contributed by atoms with Crippen LogP contribution in [0, 0.1) is 22.7 Å². The molecule has 0 amide bonds. The van der Waals surface area contributed by atoms with E-state index in [-0.39, 0.29) is 5.75 Å². The van der Waals surface area contributed by atoms with E-state index in [0.29, 0.717) is 35.0 Å². The molecule has 2 bridgehead atoms. The number of phenols is 1. The molecule has 4 unspecified atom stereocenters. The summed E-state index contributed by atoms with van der Waals surface area (Å²) in [4.78, 5) is 0. The van der Waals surface area contributed by atoms with Crippen LogP contribution in [-0.2, 0) is 0 Å². The molecular formula is C37H66O3. The van der Waals surface area contributed by atoms with Gasteiger partial charge in [-0.1, -0.05) is 131 Å². The lowest BCUT2D eigenvalue weighted by Crippen LogP contribution is -2.31. The molecule has 2 N–H and O–H groups in total. The van der Waals surface area contributed by atoms with Crippen molar-refractivity contribution < 1.29 is 14.9 Å². The monoisotopic (exact) mass is 559 g/mol. The summed E-state index contributed by atoms with van der Waals surface area (Å²) in [6, 6.07) is 5.88. The van der Waals surface area contributed by atoms with E-state index in [9.17, 15) is 10.2 Å². The molecule has 0 aliphatic heterocycles. The summed E-state index contributed by atoms with van der Waals surface area (Å²) in [6.45, 7) is 12.3. The average Bonchev–Trinajstić information content (AvgIpc) is 3.29. The minimum Gasteiger partial charge on any atom is -0.504 e. The zero-order chi connectivity index (χ0) is 29.4. The van der Waals surface area contributed by atoms with Gasteiger partial charge in [-0.25, -0.2) is 0 Å². The summed E-state index contributed by atoms with van der Waals surface area (Å²) >= 11 is 0. The molecule has 2 aliphatic rings. The molecule has 3 nitrogen and oxygen atoms in total. The van der Waals surface area contributed by atoms with Gasteiger partial charge >= 0.3 is 0 Å². The number of hydrogen-bond acceptors (Lipinski definition) is 3. The van der Waals surface area contributed by atoms with Crippen LogP contribution in [0.25, 0.3) is 0 Å². The van der Waals surface area contributed by atoms with Crippen LogP contribution in [0.5, 0.6) is 11.5 Å². The van der Waals surface area contributed by atoms with Crippen molar-refractivity contribution >= 4 is 0 Å². The maximum atomic E-state index is 9.75. The first kappa shape index (κ1) is 35.0. The second-order valence-electron chi connectivity index (χ2n) is 14.0. The number of unbranched alkanes of at least 4 members (excludes halogenated alkanes) is 12. The number of ether oxygens (including phenoxy) is 1. The molecule has 232 valence electrons. The number of aliphatic hydroxyl groups is 1. The molecule has 1 aromatic carbocycles. The third kappa shape index (κ3) is 9.95. The number of benzene rings is 1. The van der Waals surface area contributed by atoms with Gasteiger partial charge in [0, 0.05) is 6.61 Å². The average molecular weight is 559 g/mol. The molecule has 2 fully saturated rings. The highest BCUT2D eigenvalue weighted by Gasteiger charge is 2.61. The Bertz CT molecular complexity index is 803. The molecule has 2 aliphatic carbocycles. The van der Waals surface area contributed by atoms with Crippen LogP contribution in [0.2, 0.25) is 0 Å². The predicted molar refractivity (Wildman–Crippen MR) is 172 cm³/mol. The van der Waals surface area contributed by atoms with Gasteiger partial charge in [-0.05, 0) is 78.4 Å². The Morgan fingerprint density at radius 2 is 1.35 bits per heavy atom. The molecule has 3 heteroatoms. The predicted octanol–water partition coefficient (Wildman–Crippen LogP) is 11.2. The van der Waals surface area contributed by atoms with Crippen LogP contribution in [0.3, 0.4) is 0 Å². The van der Waals surface area contributed by atoms with E-state index in [0.717, 1.165) is 5.92 Å². The van der Waals surface area contributed by atoms with Gasteiger partial charge < -0.3 is 14.9 Å². The van der Waals surface area contributed by atoms with Crippen molar-refractivity contribution in [3.8, 4) is 11.5 Å². The number of methoxy groups -OCH3 is 1. The Morgan fingerprint density at radius 3 is 1.77 bits per heavy atom. The van der Waals surface area contributed by atoms with Crippen LogP contribution in [0.4, 0.5) is 0 Å². The second-order valence-corrected chi connectivity index (χ2v) is 14.0. The van der Waals surface area contributed by atoms with Gasteiger partial charge in [0.1, 0.15) is 0 Å². The smallest absolute Gasteiger partial charge is 0.160 e. The lowest BCUT2D eigenvalue weighted by atomic mass is 9.65. The van der Waals surface area contributed by atoms with Gasteiger partial charge in [0.2, 0.25) is 0 Å². The largest absolute Gasteiger partial charge is 0.504 e. The molecule has 1 aromatic rings. The number of fused-ring (bicyclic) bond motifs is 2. The number of hydrogen-bond donors (Lipinski definition) is 2. The summed E-state index contributed by atoms with van der Waals surface area (Å²) in [6.07, 6.45) is 25.8. The Morgan fingerprint density at radius 1 is 0.825 bits per heavy atom. The van der Waals surface area contributed by atoms with E-state index >= 15 is 0 Å².